The van der Waals surface area contributed by atoms with E-state index in [1.807, 2.05) is 24.3 Å². The van der Waals surface area contributed by atoms with Crippen LogP contribution in [0.5, 0.6) is 0 Å². The lowest BCUT2D eigenvalue weighted by Gasteiger charge is -1.95. The second kappa shape index (κ2) is 5.09. The summed E-state index contributed by atoms with van der Waals surface area (Å²) in [5.41, 5.74) is 1.02. The molecule has 0 fully saturated rings. The van der Waals surface area contributed by atoms with E-state index >= 15 is 0 Å². The Balaban J connectivity index is 2.17. The molecule has 2 rings (SSSR count). The Kier molecular flexibility index (Phi) is 3.54. The van der Waals surface area contributed by atoms with Crippen molar-refractivity contribution in [3.63, 3.8) is 0 Å². The number of hydrogen-bond donors (Lipinski definition) is 1. The number of anilines is 1. The minimum Gasteiger partial charge on any atom is -0.357 e. The van der Waals surface area contributed by atoms with Crippen molar-refractivity contribution in [2.24, 2.45) is 0 Å². The molecule has 0 aliphatic heterocycles. The highest BCUT2D eigenvalue weighted by molar-refractivity contribution is 7.18. The van der Waals surface area contributed by atoms with Crippen LogP contribution < -0.4 is 5.32 Å². The molecule has 3 nitrogen and oxygen atoms in total. The van der Waals surface area contributed by atoms with Gasteiger partial charge >= 0.3 is 0 Å². The number of rotatable bonds is 4. The molecule has 0 bridgehead atoms. The van der Waals surface area contributed by atoms with Gasteiger partial charge in [-0.2, -0.15) is 0 Å². The Bertz CT molecular complexity index is 478. The predicted molar refractivity (Wildman–Crippen MR) is 69.0 cm³/mol. The van der Waals surface area contributed by atoms with Crippen molar-refractivity contribution in [3.05, 3.63) is 41.9 Å². The Morgan fingerprint density at radius 1 is 1.31 bits per heavy atom. The second-order valence-corrected chi connectivity index (χ2v) is 4.50. The van der Waals surface area contributed by atoms with Gasteiger partial charge in [-0.05, 0) is 12.1 Å². The standard InChI is InChI=1S/C11H10ClN3S/c1-2-7-13-11-15-14-10(16-11)8-3-5-9(12)6-4-8/h2-6H,1,7H2,(H,13,15). The number of hydrogen-bond acceptors (Lipinski definition) is 4. The molecule has 1 N–H and O–H groups in total. The summed E-state index contributed by atoms with van der Waals surface area (Å²) in [6.07, 6.45) is 1.78. The largest absolute Gasteiger partial charge is 0.357 e. The number of nitrogens with zero attached hydrogens (tertiary/aromatic N) is 2. The highest BCUT2D eigenvalue weighted by Gasteiger charge is 2.05. The van der Waals surface area contributed by atoms with Crippen molar-refractivity contribution in [2.75, 3.05) is 11.9 Å². The fraction of sp³-hybridized carbons (Fsp3) is 0.0909. The summed E-state index contributed by atoms with van der Waals surface area (Å²) in [6, 6.07) is 7.55. The van der Waals surface area contributed by atoms with Crippen LogP contribution in [0.3, 0.4) is 0 Å². The summed E-state index contributed by atoms with van der Waals surface area (Å²) >= 11 is 7.32. The third-order valence-electron chi connectivity index (χ3n) is 1.91. The van der Waals surface area contributed by atoms with Crippen LogP contribution in [0.15, 0.2) is 36.9 Å². The monoisotopic (exact) mass is 251 g/mol. The number of nitrogens with one attached hydrogen (secondary N) is 1. The van der Waals surface area contributed by atoms with Gasteiger partial charge in [0.05, 0.1) is 0 Å². The zero-order valence-electron chi connectivity index (χ0n) is 8.48. The molecule has 0 atom stereocenters. The van der Waals surface area contributed by atoms with Crippen molar-refractivity contribution < 1.29 is 0 Å². The van der Waals surface area contributed by atoms with Crippen molar-refractivity contribution in [3.8, 4) is 10.6 Å². The zero-order valence-corrected chi connectivity index (χ0v) is 10.1. The molecule has 2 aromatic rings. The van der Waals surface area contributed by atoms with E-state index in [1.54, 1.807) is 6.08 Å². The average molecular weight is 252 g/mol. The van der Waals surface area contributed by atoms with Gasteiger partial charge < -0.3 is 5.32 Å². The van der Waals surface area contributed by atoms with E-state index in [2.05, 4.69) is 22.1 Å². The van der Waals surface area contributed by atoms with Crippen molar-refractivity contribution in [1.29, 1.82) is 0 Å². The Labute approximate surface area is 103 Å². The molecule has 1 heterocycles. The van der Waals surface area contributed by atoms with Gasteiger partial charge in [-0.3, -0.25) is 0 Å². The molecule has 82 valence electrons. The van der Waals surface area contributed by atoms with Crippen LogP contribution >= 0.6 is 22.9 Å². The van der Waals surface area contributed by atoms with Crippen LogP contribution in [-0.2, 0) is 0 Å². The molecule has 0 amide bonds. The highest BCUT2D eigenvalue weighted by atomic mass is 35.5. The first-order valence-corrected chi connectivity index (χ1v) is 5.93. The summed E-state index contributed by atoms with van der Waals surface area (Å²) < 4.78 is 0. The van der Waals surface area contributed by atoms with Gasteiger partial charge in [0.15, 0.2) is 0 Å². The van der Waals surface area contributed by atoms with Crippen LogP contribution in [0.2, 0.25) is 5.02 Å². The van der Waals surface area contributed by atoms with E-state index < -0.39 is 0 Å². The second-order valence-electron chi connectivity index (χ2n) is 3.09. The number of benzene rings is 1. The smallest absolute Gasteiger partial charge is 0.206 e. The quantitative estimate of drug-likeness (QED) is 0.846. The average Bonchev–Trinajstić information content (AvgIpc) is 2.76. The maximum atomic E-state index is 5.82. The summed E-state index contributed by atoms with van der Waals surface area (Å²) in [7, 11) is 0. The Morgan fingerprint density at radius 3 is 2.75 bits per heavy atom. The molecule has 5 heteroatoms. The molecule has 0 unspecified atom stereocenters. The normalized spacial score (nSPS) is 10.1. The van der Waals surface area contributed by atoms with E-state index in [1.165, 1.54) is 11.3 Å². The van der Waals surface area contributed by atoms with Crippen LogP contribution in [0, 0.1) is 0 Å². The lowest BCUT2D eigenvalue weighted by Crippen LogP contribution is -1.96. The van der Waals surface area contributed by atoms with Gasteiger partial charge in [-0.15, -0.1) is 16.8 Å². The summed E-state index contributed by atoms with van der Waals surface area (Å²) in [5, 5.41) is 13.6. The molecule has 16 heavy (non-hydrogen) atoms. The number of aromatic nitrogens is 2. The minimum absolute atomic E-state index is 0.690. The van der Waals surface area contributed by atoms with Gasteiger partial charge in [0.2, 0.25) is 5.13 Å². The van der Waals surface area contributed by atoms with E-state index in [9.17, 15) is 0 Å². The van der Waals surface area contributed by atoms with E-state index in [4.69, 9.17) is 11.6 Å². The lowest BCUT2D eigenvalue weighted by atomic mass is 10.2. The minimum atomic E-state index is 0.690. The van der Waals surface area contributed by atoms with Crippen LogP contribution in [0.25, 0.3) is 10.6 Å². The van der Waals surface area contributed by atoms with E-state index in [0.29, 0.717) is 6.54 Å². The molecule has 1 aromatic heterocycles. The topological polar surface area (TPSA) is 37.8 Å². The Morgan fingerprint density at radius 2 is 2.06 bits per heavy atom. The zero-order chi connectivity index (χ0) is 11.4. The van der Waals surface area contributed by atoms with E-state index in [-0.39, 0.29) is 0 Å². The Hall–Kier alpha value is -1.39. The maximum absolute atomic E-state index is 5.82. The molecule has 0 aliphatic carbocycles. The maximum Gasteiger partial charge on any atom is 0.206 e. The van der Waals surface area contributed by atoms with Gasteiger partial charge in [-0.1, -0.05) is 41.1 Å². The molecule has 0 aliphatic rings. The third kappa shape index (κ3) is 2.59. The highest BCUT2D eigenvalue weighted by Crippen LogP contribution is 2.26. The van der Waals surface area contributed by atoms with Crippen LogP contribution in [0.4, 0.5) is 5.13 Å². The van der Waals surface area contributed by atoms with E-state index in [0.717, 1.165) is 20.7 Å². The predicted octanol–water partition coefficient (Wildman–Crippen LogP) is 3.46. The molecular weight excluding hydrogens is 242 g/mol. The first-order chi connectivity index (χ1) is 7.79. The van der Waals surface area contributed by atoms with Crippen LogP contribution in [-0.4, -0.2) is 16.7 Å². The van der Waals surface area contributed by atoms with Crippen molar-refractivity contribution in [2.45, 2.75) is 0 Å². The van der Waals surface area contributed by atoms with Crippen LogP contribution in [0.1, 0.15) is 0 Å². The van der Waals surface area contributed by atoms with Gasteiger partial charge in [0.25, 0.3) is 0 Å². The van der Waals surface area contributed by atoms with Crippen molar-refractivity contribution in [1.82, 2.24) is 10.2 Å². The molecular formula is C11H10ClN3S. The molecule has 0 spiro atoms. The van der Waals surface area contributed by atoms with Gasteiger partial charge in [0, 0.05) is 17.1 Å². The van der Waals surface area contributed by atoms with Crippen molar-refractivity contribution >= 4 is 28.1 Å². The number of halogens is 1. The molecule has 1 aromatic carbocycles. The first kappa shape index (κ1) is 11.1. The molecule has 0 saturated carbocycles. The summed E-state index contributed by atoms with van der Waals surface area (Å²) in [6.45, 7) is 4.32. The van der Waals surface area contributed by atoms with Gasteiger partial charge in [0.1, 0.15) is 5.01 Å². The SMILES string of the molecule is C=CCNc1nnc(-c2ccc(Cl)cc2)s1. The molecule has 0 saturated heterocycles. The summed E-state index contributed by atoms with van der Waals surface area (Å²) in [4.78, 5) is 0. The summed E-state index contributed by atoms with van der Waals surface area (Å²) in [5.74, 6) is 0. The fourth-order valence-electron chi connectivity index (χ4n) is 1.16. The molecule has 0 radical (unpaired) electrons. The fourth-order valence-corrected chi connectivity index (χ4v) is 2.05. The van der Waals surface area contributed by atoms with Gasteiger partial charge in [-0.25, -0.2) is 0 Å². The lowest BCUT2D eigenvalue weighted by molar-refractivity contribution is 1.08. The third-order valence-corrected chi connectivity index (χ3v) is 3.10. The first-order valence-electron chi connectivity index (χ1n) is 4.74.